The molecule has 4 nitrogen and oxygen atoms in total. The van der Waals surface area contributed by atoms with Gasteiger partial charge < -0.3 is 5.11 Å². The van der Waals surface area contributed by atoms with E-state index in [1.54, 1.807) is 14.0 Å². The number of aromatic hydroxyl groups is 1. The van der Waals surface area contributed by atoms with Gasteiger partial charge >= 0.3 is 0 Å². The molecule has 2 aromatic rings. The van der Waals surface area contributed by atoms with Crippen molar-refractivity contribution in [2.75, 3.05) is 0 Å². The van der Waals surface area contributed by atoms with Gasteiger partial charge in [-0.25, -0.2) is 4.98 Å². The third kappa shape index (κ3) is 2.42. The predicted molar refractivity (Wildman–Crippen MR) is 69.7 cm³/mol. The quantitative estimate of drug-likeness (QED) is 0.891. The van der Waals surface area contributed by atoms with E-state index in [4.69, 9.17) is 0 Å². The molecule has 0 radical (unpaired) electrons. The minimum absolute atomic E-state index is 0.263. The molecular formula is C14H16N2O2. The van der Waals surface area contributed by atoms with Crippen LogP contribution in [0.5, 0.6) is 5.75 Å². The number of aryl methyl sites for hydroxylation is 3. The van der Waals surface area contributed by atoms with E-state index in [2.05, 4.69) is 4.98 Å². The molecule has 18 heavy (non-hydrogen) atoms. The molecule has 94 valence electrons. The molecule has 0 saturated carbocycles. The molecule has 0 saturated heterocycles. The van der Waals surface area contributed by atoms with Gasteiger partial charge in [-0.1, -0.05) is 30.3 Å². The second-order valence-electron chi connectivity index (χ2n) is 4.31. The zero-order chi connectivity index (χ0) is 13.1. The van der Waals surface area contributed by atoms with Crippen molar-refractivity contribution in [2.24, 2.45) is 7.05 Å². The van der Waals surface area contributed by atoms with E-state index in [0.29, 0.717) is 17.9 Å². The van der Waals surface area contributed by atoms with Crippen molar-refractivity contribution in [3.63, 3.8) is 0 Å². The van der Waals surface area contributed by atoms with Crippen LogP contribution in [0.4, 0.5) is 0 Å². The van der Waals surface area contributed by atoms with Gasteiger partial charge in [0.05, 0.1) is 5.69 Å². The SMILES string of the molecule is Cc1nc(CCc2ccccc2)n(C)c(=O)c1O. The Morgan fingerprint density at radius 2 is 1.89 bits per heavy atom. The summed E-state index contributed by atoms with van der Waals surface area (Å²) in [5.74, 6) is 0.431. The highest BCUT2D eigenvalue weighted by molar-refractivity contribution is 5.23. The maximum absolute atomic E-state index is 11.7. The maximum atomic E-state index is 11.7. The van der Waals surface area contributed by atoms with Crippen LogP contribution in [0.15, 0.2) is 35.1 Å². The zero-order valence-electron chi connectivity index (χ0n) is 10.6. The van der Waals surface area contributed by atoms with Crippen LogP contribution in [0.1, 0.15) is 17.1 Å². The summed E-state index contributed by atoms with van der Waals surface area (Å²) in [5.41, 5.74) is 1.21. The van der Waals surface area contributed by atoms with Crippen LogP contribution in [0.3, 0.4) is 0 Å². The smallest absolute Gasteiger partial charge is 0.295 e. The molecular weight excluding hydrogens is 228 g/mol. The van der Waals surface area contributed by atoms with E-state index in [-0.39, 0.29) is 11.3 Å². The summed E-state index contributed by atoms with van der Waals surface area (Å²) in [5, 5.41) is 9.50. The molecule has 0 unspecified atom stereocenters. The van der Waals surface area contributed by atoms with Crippen molar-refractivity contribution < 1.29 is 5.11 Å². The Balaban J connectivity index is 2.23. The molecule has 1 aromatic carbocycles. The highest BCUT2D eigenvalue weighted by atomic mass is 16.3. The highest BCUT2D eigenvalue weighted by Gasteiger charge is 2.10. The largest absolute Gasteiger partial charge is 0.502 e. The first-order valence-corrected chi connectivity index (χ1v) is 5.89. The maximum Gasteiger partial charge on any atom is 0.295 e. The molecule has 1 aromatic heterocycles. The molecule has 0 spiro atoms. The lowest BCUT2D eigenvalue weighted by molar-refractivity contribution is 0.448. The fourth-order valence-corrected chi connectivity index (χ4v) is 1.88. The van der Waals surface area contributed by atoms with E-state index in [1.807, 2.05) is 30.3 Å². The number of nitrogens with zero attached hydrogens (tertiary/aromatic N) is 2. The number of hydrogen-bond acceptors (Lipinski definition) is 3. The van der Waals surface area contributed by atoms with Gasteiger partial charge in [-0.3, -0.25) is 9.36 Å². The summed E-state index contributed by atoms with van der Waals surface area (Å²) in [6, 6.07) is 10.0. The Kier molecular flexibility index (Phi) is 3.46. The second-order valence-corrected chi connectivity index (χ2v) is 4.31. The molecule has 4 heteroatoms. The average molecular weight is 244 g/mol. The molecule has 0 fully saturated rings. The van der Waals surface area contributed by atoms with Gasteiger partial charge in [-0.15, -0.1) is 0 Å². The Morgan fingerprint density at radius 1 is 1.22 bits per heavy atom. The van der Waals surface area contributed by atoms with Crippen molar-refractivity contribution in [3.8, 4) is 5.75 Å². The summed E-state index contributed by atoms with van der Waals surface area (Å²) in [7, 11) is 1.63. The van der Waals surface area contributed by atoms with Crippen molar-refractivity contribution >= 4 is 0 Å². The van der Waals surface area contributed by atoms with Crippen LogP contribution in [0.2, 0.25) is 0 Å². The molecule has 2 rings (SSSR count). The molecule has 1 N–H and O–H groups in total. The Morgan fingerprint density at radius 3 is 2.56 bits per heavy atom. The molecule has 0 atom stereocenters. The van der Waals surface area contributed by atoms with Crippen molar-refractivity contribution in [2.45, 2.75) is 19.8 Å². The van der Waals surface area contributed by atoms with E-state index < -0.39 is 0 Å². The third-order valence-corrected chi connectivity index (χ3v) is 3.01. The monoisotopic (exact) mass is 244 g/mol. The summed E-state index contributed by atoms with van der Waals surface area (Å²) in [6.45, 7) is 1.64. The first-order valence-electron chi connectivity index (χ1n) is 5.89. The lowest BCUT2D eigenvalue weighted by atomic mass is 10.1. The summed E-state index contributed by atoms with van der Waals surface area (Å²) >= 11 is 0. The van der Waals surface area contributed by atoms with E-state index in [0.717, 1.165) is 6.42 Å². The minimum atomic E-state index is -0.384. The summed E-state index contributed by atoms with van der Waals surface area (Å²) in [6.07, 6.45) is 1.50. The van der Waals surface area contributed by atoms with Crippen molar-refractivity contribution in [3.05, 3.63) is 57.8 Å². The normalized spacial score (nSPS) is 10.6. The first kappa shape index (κ1) is 12.4. The summed E-state index contributed by atoms with van der Waals surface area (Å²) in [4.78, 5) is 16.0. The van der Waals surface area contributed by atoms with Crippen LogP contribution in [-0.4, -0.2) is 14.7 Å². The number of rotatable bonds is 3. The molecule has 0 amide bonds. The van der Waals surface area contributed by atoms with E-state index in [9.17, 15) is 9.90 Å². The van der Waals surface area contributed by atoms with Gasteiger partial charge in [-0.2, -0.15) is 0 Å². The first-order chi connectivity index (χ1) is 8.59. The topological polar surface area (TPSA) is 55.1 Å². The molecule has 0 bridgehead atoms. The predicted octanol–water partition coefficient (Wildman–Crippen LogP) is 1.58. The number of benzene rings is 1. The minimum Gasteiger partial charge on any atom is -0.502 e. The fourth-order valence-electron chi connectivity index (χ4n) is 1.88. The molecule has 1 heterocycles. The molecule has 0 aliphatic carbocycles. The zero-order valence-corrected chi connectivity index (χ0v) is 10.6. The Hall–Kier alpha value is -2.10. The van der Waals surface area contributed by atoms with Crippen molar-refractivity contribution in [1.29, 1.82) is 0 Å². The van der Waals surface area contributed by atoms with Gasteiger partial charge in [0.25, 0.3) is 5.56 Å². The van der Waals surface area contributed by atoms with Gasteiger partial charge in [0.2, 0.25) is 5.75 Å². The second kappa shape index (κ2) is 5.04. The van der Waals surface area contributed by atoms with Gasteiger partial charge in [0, 0.05) is 13.5 Å². The fraction of sp³-hybridized carbons (Fsp3) is 0.286. The van der Waals surface area contributed by atoms with Gasteiger partial charge in [0.15, 0.2) is 0 Å². The molecule has 0 aliphatic rings. The average Bonchev–Trinajstić information content (AvgIpc) is 2.40. The Labute approximate surface area is 106 Å². The van der Waals surface area contributed by atoms with Crippen LogP contribution in [-0.2, 0) is 19.9 Å². The van der Waals surface area contributed by atoms with Crippen LogP contribution < -0.4 is 5.56 Å². The van der Waals surface area contributed by atoms with Gasteiger partial charge in [-0.05, 0) is 18.9 Å². The lowest BCUT2D eigenvalue weighted by Gasteiger charge is -2.09. The summed E-state index contributed by atoms with van der Waals surface area (Å²) < 4.78 is 1.41. The van der Waals surface area contributed by atoms with E-state index in [1.165, 1.54) is 10.1 Å². The number of aromatic nitrogens is 2. The Bertz CT molecular complexity index is 603. The third-order valence-electron chi connectivity index (χ3n) is 3.01. The van der Waals surface area contributed by atoms with E-state index >= 15 is 0 Å². The number of hydrogen-bond donors (Lipinski definition) is 1. The van der Waals surface area contributed by atoms with Crippen molar-refractivity contribution in [1.82, 2.24) is 9.55 Å². The van der Waals surface area contributed by atoms with Crippen LogP contribution >= 0.6 is 0 Å². The van der Waals surface area contributed by atoms with Gasteiger partial charge in [0.1, 0.15) is 5.82 Å². The standard InChI is InChI=1S/C14H16N2O2/c1-10-13(17)14(18)16(2)12(15-10)9-8-11-6-4-3-5-7-11/h3-7,17H,8-9H2,1-2H3. The van der Waals surface area contributed by atoms with Crippen LogP contribution in [0.25, 0.3) is 0 Å². The lowest BCUT2D eigenvalue weighted by Crippen LogP contribution is -2.23. The van der Waals surface area contributed by atoms with Crippen LogP contribution in [0, 0.1) is 6.92 Å². The molecule has 0 aliphatic heterocycles. The highest BCUT2D eigenvalue weighted by Crippen LogP contribution is 2.09.